The third-order valence-corrected chi connectivity index (χ3v) is 1.31. The highest BCUT2D eigenvalue weighted by molar-refractivity contribution is 5.56. The Morgan fingerprint density at radius 1 is 1.40 bits per heavy atom. The molecule has 0 atom stereocenters. The SMILES string of the molecule is CCCCN=CCCCN. The summed E-state index contributed by atoms with van der Waals surface area (Å²) in [6.07, 6.45) is 6.53. The molecule has 0 aromatic carbocycles. The maximum atomic E-state index is 5.31. The number of nitrogens with zero attached hydrogens (tertiary/aromatic N) is 1. The molecule has 0 aliphatic heterocycles. The van der Waals surface area contributed by atoms with Crippen LogP contribution in [0.5, 0.6) is 0 Å². The normalized spacial score (nSPS) is 11.0. The van der Waals surface area contributed by atoms with Crippen LogP contribution in [0.15, 0.2) is 4.99 Å². The van der Waals surface area contributed by atoms with E-state index < -0.39 is 0 Å². The van der Waals surface area contributed by atoms with Crippen LogP contribution in [0.1, 0.15) is 32.6 Å². The number of hydrogen-bond donors (Lipinski definition) is 1. The summed E-state index contributed by atoms with van der Waals surface area (Å²) in [5, 5.41) is 0. The zero-order valence-corrected chi connectivity index (χ0v) is 6.84. The van der Waals surface area contributed by atoms with Crippen LogP contribution in [-0.4, -0.2) is 19.3 Å². The van der Waals surface area contributed by atoms with Gasteiger partial charge in [0.1, 0.15) is 0 Å². The van der Waals surface area contributed by atoms with Gasteiger partial charge in [0.25, 0.3) is 0 Å². The lowest BCUT2D eigenvalue weighted by molar-refractivity contribution is 0.804. The Bertz CT molecular complexity index is 69.3. The average Bonchev–Trinajstić information content (AvgIpc) is 1.97. The Morgan fingerprint density at radius 3 is 2.80 bits per heavy atom. The van der Waals surface area contributed by atoms with Gasteiger partial charge in [-0.25, -0.2) is 0 Å². The predicted molar refractivity (Wildman–Crippen MR) is 46.6 cm³/mol. The summed E-state index contributed by atoms with van der Waals surface area (Å²) in [4.78, 5) is 4.22. The Kier molecular flexibility index (Phi) is 8.31. The van der Waals surface area contributed by atoms with Crippen molar-refractivity contribution in [2.24, 2.45) is 10.7 Å². The second-order valence-corrected chi connectivity index (χ2v) is 2.37. The molecule has 0 aliphatic carbocycles. The molecule has 60 valence electrons. The number of nitrogens with two attached hydrogens (primary N) is 1. The van der Waals surface area contributed by atoms with E-state index in [1.165, 1.54) is 12.8 Å². The van der Waals surface area contributed by atoms with Gasteiger partial charge in [0.05, 0.1) is 0 Å². The first kappa shape index (κ1) is 9.63. The van der Waals surface area contributed by atoms with E-state index in [0.29, 0.717) is 0 Å². The number of aliphatic imine (C=N–C) groups is 1. The molecule has 0 aromatic rings. The van der Waals surface area contributed by atoms with Crippen molar-refractivity contribution >= 4 is 6.21 Å². The molecule has 0 aromatic heterocycles. The smallest absolute Gasteiger partial charge is 0.0385 e. The van der Waals surface area contributed by atoms with Crippen LogP contribution in [0.2, 0.25) is 0 Å². The average molecular weight is 142 g/mol. The third-order valence-electron chi connectivity index (χ3n) is 1.31. The molecular weight excluding hydrogens is 124 g/mol. The fraction of sp³-hybridized carbons (Fsp3) is 0.875. The Balaban J connectivity index is 2.89. The lowest BCUT2D eigenvalue weighted by Crippen LogP contribution is -1.97. The molecule has 0 spiro atoms. The molecule has 0 bridgehead atoms. The van der Waals surface area contributed by atoms with Crippen molar-refractivity contribution < 1.29 is 0 Å². The number of rotatable bonds is 6. The molecule has 10 heavy (non-hydrogen) atoms. The first-order valence-corrected chi connectivity index (χ1v) is 4.10. The molecular formula is C8H18N2. The van der Waals surface area contributed by atoms with Gasteiger partial charge in [-0.1, -0.05) is 13.3 Å². The fourth-order valence-electron chi connectivity index (χ4n) is 0.641. The third kappa shape index (κ3) is 7.63. The summed E-state index contributed by atoms with van der Waals surface area (Å²) in [6.45, 7) is 3.94. The molecule has 0 heterocycles. The number of hydrogen-bond acceptors (Lipinski definition) is 2. The summed E-state index contributed by atoms with van der Waals surface area (Å²) in [6, 6.07) is 0. The maximum absolute atomic E-state index is 5.31. The Hall–Kier alpha value is -0.370. The maximum Gasteiger partial charge on any atom is 0.0385 e. The lowest BCUT2D eigenvalue weighted by Gasteiger charge is -1.89. The monoisotopic (exact) mass is 142 g/mol. The van der Waals surface area contributed by atoms with E-state index in [0.717, 1.165) is 25.9 Å². The highest BCUT2D eigenvalue weighted by Crippen LogP contribution is 1.87. The topological polar surface area (TPSA) is 38.4 Å². The zero-order chi connectivity index (χ0) is 7.66. The summed E-state index contributed by atoms with van der Waals surface area (Å²) >= 11 is 0. The van der Waals surface area contributed by atoms with Crippen LogP contribution in [0.4, 0.5) is 0 Å². The van der Waals surface area contributed by atoms with Crippen molar-refractivity contribution in [3.8, 4) is 0 Å². The van der Waals surface area contributed by atoms with Crippen LogP contribution in [0, 0.1) is 0 Å². The summed E-state index contributed by atoms with van der Waals surface area (Å²) in [5.41, 5.74) is 5.31. The second kappa shape index (κ2) is 8.63. The van der Waals surface area contributed by atoms with Crippen molar-refractivity contribution in [1.29, 1.82) is 0 Å². The van der Waals surface area contributed by atoms with Crippen LogP contribution >= 0.6 is 0 Å². The predicted octanol–water partition coefficient (Wildman–Crippen LogP) is 1.60. The van der Waals surface area contributed by atoms with E-state index in [2.05, 4.69) is 11.9 Å². The first-order chi connectivity index (χ1) is 4.91. The number of unbranched alkanes of at least 4 members (excludes halogenated alkanes) is 2. The van der Waals surface area contributed by atoms with Gasteiger partial charge in [0.15, 0.2) is 0 Å². The van der Waals surface area contributed by atoms with Crippen LogP contribution in [-0.2, 0) is 0 Å². The molecule has 0 aliphatic rings. The molecule has 0 radical (unpaired) electrons. The van der Waals surface area contributed by atoms with E-state index in [9.17, 15) is 0 Å². The van der Waals surface area contributed by atoms with Crippen molar-refractivity contribution in [1.82, 2.24) is 0 Å². The standard InChI is InChI=1S/C8H18N2/c1-2-3-7-10-8-5-4-6-9/h8H,2-7,9H2,1H3. The van der Waals surface area contributed by atoms with Crippen molar-refractivity contribution in [2.45, 2.75) is 32.6 Å². The van der Waals surface area contributed by atoms with Crippen molar-refractivity contribution in [3.63, 3.8) is 0 Å². The molecule has 0 saturated heterocycles. The van der Waals surface area contributed by atoms with Gasteiger partial charge in [-0.15, -0.1) is 0 Å². The molecule has 0 unspecified atom stereocenters. The van der Waals surface area contributed by atoms with E-state index in [1.807, 2.05) is 6.21 Å². The quantitative estimate of drug-likeness (QED) is 0.444. The van der Waals surface area contributed by atoms with Gasteiger partial charge in [-0.05, 0) is 32.0 Å². The van der Waals surface area contributed by atoms with E-state index in [1.54, 1.807) is 0 Å². The van der Waals surface area contributed by atoms with Crippen molar-refractivity contribution in [3.05, 3.63) is 0 Å². The van der Waals surface area contributed by atoms with E-state index in [4.69, 9.17) is 5.73 Å². The van der Waals surface area contributed by atoms with Crippen molar-refractivity contribution in [2.75, 3.05) is 13.1 Å². The highest BCUT2D eigenvalue weighted by Gasteiger charge is 1.79. The van der Waals surface area contributed by atoms with Gasteiger partial charge >= 0.3 is 0 Å². The molecule has 0 fully saturated rings. The molecule has 2 N–H and O–H groups in total. The minimum absolute atomic E-state index is 0.778. The van der Waals surface area contributed by atoms with Crippen LogP contribution in [0.3, 0.4) is 0 Å². The molecule has 2 nitrogen and oxygen atoms in total. The molecule has 0 saturated carbocycles. The van der Waals surface area contributed by atoms with Gasteiger partial charge in [0.2, 0.25) is 0 Å². The highest BCUT2D eigenvalue weighted by atomic mass is 14.7. The van der Waals surface area contributed by atoms with E-state index in [-0.39, 0.29) is 0 Å². The molecule has 0 rings (SSSR count). The molecule has 2 heteroatoms. The lowest BCUT2D eigenvalue weighted by atomic mass is 10.3. The fourth-order valence-corrected chi connectivity index (χ4v) is 0.641. The minimum atomic E-state index is 0.778. The second-order valence-electron chi connectivity index (χ2n) is 2.37. The van der Waals surface area contributed by atoms with Crippen LogP contribution in [0.25, 0.3) is 0 Å². The molecule has 0 amide bonds. The summed E-state index contributed by atoms with van der Waals surface area (Å²) in [5.74, 6) is 0. The van der Waals surface area contributed by atoms with E-state index >= 15 is 0 Å². The summed E-state index contributed by atoms with van der Waals surface area (Å²) < 4.78 is 0. The zero-order valence-electron chi connectivity index (χ0n) is 6.84. The Morgan fingerprint density at radius 2 is 2.20 bits per heavy atom. The minimum Gasteiger partial charge on any atom is -0.330 e. The van der Waals surface area contributed by atoms with Gasteiger partial charge < -0.3 is 5.73 Å². The van der Waals surface area contributed by atoms with Gasteiger partial charge in [-0.3, -0.25) is 4.99 Å². The Labute approximate surface area is 63.5 Å². The van der Waals surface area contributed by atoms with Crippen LogP contribution < -0.4 is 5.73 Å². The largest absolute Gasteiger partial charge is 0.330 e. The summed E-state index contributed by atoms with van der Waals surface area (Å²) in [7, 11) is 0. The van der Waals surface area contributed by atoms with Gasteiger partial charge in [-0.2, -0.15) is 0 Å². The first-order valence-electron chi connectivity index (χ1n) is 4.10. The van der Waals surface area contributed by atoms with Gasteiger partial charge in [0, 0.05) is 6.54 Å².